The Morgan fingerprint density at radius 1 is 1.25 bits per heavy atom. The van der Waals surface area contributed by atoms with Crippen LogP contribution in [0.2, 0.25) is 0 Å². The molecule has 0 aromatic heterocycles. The molecule has 0 saturated carbocycles. The first-order valence-corrected chi connectivity index (χ1v) is 6.87. The summed E-state index contributed by atoms with van der Waals surface area (Å²) in [5.41, 5.74) is 2.73. The van der Waals surface area contributed by atoms with Crippen molar-refractivity contribution in [2.45, 2.75) is 6.92 Å². The van der Waals surface area contributed by atoms with E-state index < -0.39 is 0 Å². The van der Waals surface area contributed by atoms with Gasteiger partial charge in [-0.2, -0.15) is 5.26 Å². The molecule has 0 aliphatic heterocycles. The van der Waals surface area contributed by atoms with Gasteiger partial charge in [0.25, 0.3) is 5.91 Å². The lowest BCUT2D eigenvalue weighted by Gasteiger charge is -2.19. The standard InChI is InChI=1S/C16H13BrN2O/c1-11-7-8-13(14(17)9-11)16(20)19(2)15-6-4-3-5-12(15)10-18/h3-9H,1-2H3. The van der Waals surface area contributed by atoms with Gasteiger partial charge in [0.05, 0.1) is 16.8 Å². The summed E-state index contributed by atoms with van der Waals surface area (Å²) >= 11 is 3.41. The number of hydrogen-bond donors (Lipinski definition) is 0. The maximum absolute atomic E-state index is 12.5. The van der Waals surface area contributed by atoms with E-state index in [2.05, 4.69) is 22.0 Å². The Labute approximate surface area is 126 Å². The van der Waals surface area contributed by atoms with Gasteiger partial charge in [-0.25, -0.2) is 0 Å². The smallest absolute Gasteiger partial charge is 0.259 e. The molecule has 0 heterocycles. The van der Waals surface area contributed by atoms with Crippen LogP contribution in [0.15, 0.2) is 46.9 Å². The topological polar surface area (TPSA) is 44.1 Å². The van der Waals surface area contributed by atoms with E-state index in [9.17, 15) is 4.79 Å². The lowest BCUT2D eigenvalue weighted by molar-refractivity contribution is 0.0992. The number of halogens is 1. The van der Waals surface area contributed by atoms with Crippen LogP contribution in [-0.2, 0) is 0 Å². The number of amides is 1. The molecule has 2 aromatic carbocycles. The Bertz CT molecular complexity index is 704. The summed E-state index contributed by atoms with van der Waals surface area (Å²) in [4.78, 5) is 14.0. The van der Waals surface area contributed by atoms with E-state index >= 15 is 0 Å². The van der Waals surface area contributed by atoms with Gasteiger partial charge in [-0.05, 0) is 52.7 Å². The minimum Gasteiger partial charge on any atom is -0.310 e. The maximum Gasteiger partial charge on any atom is 0.259 e. The summed E-state index contributed by atoms with van der Waals surface area (Å²) < 4.78 is 0.754. The van der Waals surface area contributed by atoms with Gasteiger partial charge >= 0.3 is 0 Å². The average molecular weight is 329 g/mol. The summed E-state index contributed by atoms with van der Waals surface area (Å²) in [7, 11) is 1.67. The van der Waals surface area contributed by atoms with Crippen molar-refractivity contribution in [3.8, 4) is 6.07 Å². The van der Waals surface area contributed by atoms with Gasteiger partial charge in [-0.1, -0.05) is 18.2 Å². The normalized spacial score (nSPS) is 9.90. The number of aryl methyl sites for hydroxylation is 1. The molecule has 20 heavy (non-hydrogen) atoms. The van der Waals surface area contributed by atoms with Crippen LogP contribution in [0.4, 0.5) is 5.69 Å². The molecule has 0 atom stereocenters. The predicted octanol–water partition coefficient (Wildman–Crippen LogP) is 3.91. The number of hydrogen-bond acceptors (Lipinski definition) is 2. The Morgan fingerprint density at radius 3 is 2.60 bits per heavy atom. The Balaban J connectivity index is 2.41. The Kier molecular flexibility index (Phi) is 4.21. The van der Waals surface area contributed by atoms with Gasteiger partial charge in [-0.15, -0.1) is 0 Å². The molecule has 0 fully saturated rings. The van der Waals surface area contributed by atoms with Crippen LogP contribution in [0.5, 0.6) is 0 Å². The lowest BCUT2D eigenvalue weighted by atomic mass is 10.1. The van der Waals surface area contributed by atoms with Crippen molar-refractivity contribution in [1.29, 1.82) is 5.26 Å². The molecule has 0 saturated heterocycles. The number of benzene rings is 2. The fraction of sp³-hybridized carbons (Fsp3) is 0.125. The highest BCUT2D eigenvalue weighted by Gasteiger charge is 2.18. The third-order valence-electron chi connectivity index (χ3n) is 3.05. The highest BCUT2D eigenvalue weighted by Crippen LogP contribution is 2.24. The summed E-state index contributed by atoms with van der Waals surface area (Å²) in [5, 5.41) is 9.11. The average Bonchev–Trinajstić information content (AvgIpc) is 2.45. The number of nitriles is 1. The number of rotatable bonds is 2. The quantitative estimate of drug-likeness (QED) is 0.838. The molecule has 4 heteroatoms. The van der Waals surface area contributed by atoms with Gasteiger partial charge in [0, 0.05) is 11.5 Å². The predicted molar refractivity (Wildman–Crippen MR) is 82.8 cm³/mol. The molecule has 2 aromatic rings. The third-order valence-corrected chi connectivity index (χ3v) is 3.70. The molecule has 0 spiro atoms. The van der Waals surface area contributed by atoms with Crippen molar-refractivity contribution in [2.75, 3.05) is 11.9 Å². The van der Waals surface area contributed by atoms with Gasteiger partial charge in [0.15, 0.2) is 0 Å². The van der Waals surface area contributed by atoms with Crippen LogP contribution < -0.4 is 4.90 Å². The zero-order valence-corrected chi connectivity index (χ0v) is 12.8. The Hall–Kier alpha value is -2.12. The molecule has 0 bridgehead atoms. The number of para-hydroxylation sites is 1. The molecule has 0 radical (unpaired) electrons. The van der Waals surface area contributed by atoms with Crippen LogP contribution in [0.25, 0.3) is 0 Å². The molecule has 0 aliphatic rings. The first-order chi connectivity index (χ1) is 9.54. The lowest BCUT2D eigenvalue weighted by Crippen LogP contribution is -2.27. The zero-order chi connectivity index (χ0) is 14.7. The molecule has 0 aliphatic carbocycles. The molecule has 3 nitrogen and oxygen atoms in total. The van der Waals surface area contributed by atoms with E-state index in [-0.39, 0.29) is 5.91 Å². The van der Waals surface area contributed by atoms with Gasteiger partial charge in [0.2, 0.25) is 0 Å². The van der Waals surface area contributed by atoms with Crippen LogP contribution in [-0.4, -0.2) is 13.0 Å². The minimum atomic E-state index is -0.153. The third kappa shape index (κ3) is 2.73. The van der Waals surface area contributed by atoms with Crippen molar-refractivity contribution < 1.29 is 4.79 Å². The van der Waals surface area contributed by atoms with Crippen molar-refractivity contribution in [3.05, 3.63) is 63.6 Å². The number of carbonyl (C=O) groups is 1. The monoisotopic (exact) mass is 328 g/mol. The molecule has 100 valence electrons. The highest BCUT2D eigenvalue weighted by molar-refractivity contribution is 9.10. The number of nitrogens with zero attached hydrogens (tertiary/aromatic N) is 2. The summed E-state index contributed by atoms with van der Waals surface area (Å²) in [6.07, 6.45) is 0. The zero-order valence-electron chi connectivity index (χ0n) is 11.2. The number of carbonyl (C=O) groups excluding carboxylic acids is 1. The first-order valence-electron chi connectivity index (χ1n) is 6.08. The van der Waals surface area contributed by atoms with Gasteiger partial charge < -0.3 is 4.90 Å². The second-order valence-corrected chi connectivity index (χ2v) is 5.33. The second-order valence-electron chi connectivity index (χ2n) is 4.48. The molecule has 2 rings (SSSR count). The van der Waals surface area contributed by atoms with E-state index in [1.807, 2.05) is 25.1 Å². The Morgan fingerprint density at radius 2 is 1.95 bits per heavy atom. The van der Waals surface area contributed by atoms with Crippen LogP contribution in [0.1, 0.15) is 21.5 Å². The van der Waals surface area contributed by atoms with Crippen molar-refractivity contribution in [3.63, 3.8) is 0 Å². The highest BCUT2D eigenvalue weighted by atomic mass is 79.9. The maximum atomic E-state index is 12.5. The molecule has 0 unspecified atom stereocenters. The van der Waals surface area contributed by atoms with Crippen molar-refractivity contribution >= 4 is 27.5 Å². The van der Waals surface area contributed by atoms with Crippen molar-refractivity contribution in [1.82, 2.24) is 0 Å². The van der Waals surface area contributed by atoms with Gasteiger partial charge in [0.1, 0.15) is 6.07 Å². The second kappa shape index (κ2) is 5.89. The van der Waals surface area contributed by atoms with E-state index in [0.29, 0.717) is 16.8 Å². The molecule has 0 N–H and O–H groups in total. The summed E-state index contributed by atoms with van der Waals surface area (Å²) in [6, 6.07) is 14.7. The van der Waals surface area contributed by atoms with Crippen LogP contribution in [0, 0.1) is 18.3 Å². The summed E-state index contributed by atoms with van der Waals surface area (Å²) in [5.74, 6) is -0.153. The summed E-state index contributed by atoms with van der Waals surface area (Å²) in [6.45, 7) is 1.97. The van der Waals surface area contributed by atoms with E-state index in [4.69, 9.17) is 5.26 Å². The fourth-order valence-corrected chi connectivity index (χ4v) is 2.61. The van der Waals surface area contributed by atoms with Crippen LogP contribution >= 0.6 is 15.9 Å². The SMILES string of the molecule is Cc1ccc(C(=O)N(C)c2ccccc2C#N)c(Br)c1. The van der Waals surface area contributed by atoms with E-state index in [1.54, 1.807) is 31.3 Å². The molecular formula is C16H13BrN2O. The first kappa shape index (κ1) is 14.3. The molecule has 1 amide bonds. The van der Waals surface area contributed by atoms with E-state index in [1.165, 1.54) is 4.90 Å². The van der Waals surface area contributed by atoms with Crippen molar-refractivity contribution in [2.24, 2.45) is 0 Å². The number of anilines is 1. The van der Waals surface area contributed by atoms with Gasteiger partial charge in [-0.3, -0.25) is 4.79 Å². The minimum absolute atomic E-state index is 0.153. The van der Waals surface area contributed by atoms with Crippen LogP contribution in [0.3, 0.4) is 0 Å². The fourth-order valence-electron chi connectivity index (χ4n) is 1.94. The molecular weight excluding hydrogens is 316 g/mol. The largest absolute Gasteiger partial charge is 0.310 e. The van der Waals surface area contributed by atoms with E-state index in [0.717, 1.165) is 10.0 Å².